The summed E-state index contributed by atoms with van der Waals surface area (Å²) in [4.78, 5) is 172. The van der Waals surface area contributed by atoms with Crippen LogP contribution in [0.1, 0.15) is 187 Å². The van der Waals surface area contributed by atoms with E-state index in [9.17, 15) is 44.1 Å². The van der Waals surface area contributed by atoms with Gasteiger partial charge in [0, 0.05) is 80.7 Å². The Morgan fingerprint density at radius 2 is 1.35 bits per heavy atom. The Balaban J connectivity index is 0.788. The maximum atomic E-state index is 15.6. The number of aromatic nitrogens is 1. The van der Waals surface area contributed by atoms with Gasteiger partial charge in [0.25, 0.3) is 5.91 Å². The van der Waals surface area contributed by atoms with E-state index in [0.29, 0.717) is 107 Å². The monoisotopic (exact) mass is 1750 g/mol. The lowest BCUT2D eigenvalue weighted by molar-refractivity contribution is -0.146. The molecule has 11 amide bonds. The highest BCUT2D eigenvalue weighted by atomic mass is 33.1. The number of ether oxygens (including phenoxy) is 1. The maximum absolute atomic E-state index is 15.6. The fourth-order valence-corrected chi connectivity index (χ4v) is 23.4. The maximum Gasteiger partial charge on any atom is 0.407 e. The Bertz CT molecular complexity index is 4510. The number of nitrogens with one attached hydrogen (secondary N) is 10. The molecule has 8 aliphatic rings. The van der Waals surface area contributed by atoms with Gasteiger partial charge in [-0.2, -0.15) is 0 Å². The average Bonchev–Trinajstić information content (AvgIpc) is 1.57. The molecule has 0 bridgehead atoms. The Labute approximate surface area is 736 Å². The van der Waals surface area contributed by atoms with Crippen molar-refractivity contribution >= 4 is 97.7 Å². The molecule has 5 heterocycles. The quantitative estimate of drug-likeness (QED) is 0.0144. The Morgan fingerprint density at radius 3 is 2.06 bits per heavy atom. The number of aliphatic hydroxyl groups excluding tert-OH is 3. The molecule has 13 N–H and O–H groups in total. The third-order valence-electron chi connectivity index (χ3n) is 27.9. The van der Waals surface area contributed by atoms with E-state index in [-0.39, 0.29) is 87.0 Å². The minimum atomic E-state index is -1.80. The van der Waals surface area contributed by atoms with Crippen molar-refractivity contribution in [1.82, 2.24) is 67.5 Å². The second kappa shape index (κ2) is 43.3. The molecular formula is C94H131N13O15S2. The molecule has 0 radical (unpaired) electrons. The number of allylic oxidation sites excluding steroid dienone is 4. The van der Waals surface area contributed by atoms with Crippen LogP contribution in [0, 0.1) is 46.3 Å². The van der Waals surface area contributed by atoms with E-state index in [0.717, 1.165) is 46.8 Å². The predicted octanol–water partition coefficient (Wildman–Crippen LogP) is 8.24. The molecule has 3 saturated heterocycles. The highest BCUT2D eigenvalue weighted by molar-refractivity contribution is 8.76. The molecule has 1 aromatic heterocycles. The summed E-state index contributed by atoms with van der Waals surface area (Å²) in [6.45, 7) is 14.7. The van der Waals surface area contributed by atoms with Crippen LogP contribution >= 0.6 is 21.6 Å². The van der Waals surface area contributed by atoms with Gasteiger partial charge in [-0.05, 0) is 186 Å². The number of aromatic amines is 1. The van der Waals surface area contributed by atoms with Crippen LogP contribution in [-0.4, -0.2) is 224 Å². The summed E-state index contributed by atoms with van der Waals surface area (Å²) in [5, 5.41) is 58.4. The lowest BCUT2D eigenvalue weighted by atomic mass is 9.47. The van der Waals surface area contributed by atoms with Crippen molar-refractivity contribution in [3.05, 3.63) is 144 Å². The number of carbonyl (C=O) groups is 11. The number of nitrogens with zero attached hydrogens (tertiary/aromatic N) is 3. The Kier molecular flexibility index (Phi) is 32.8. The molecule has 4 aromatic rings. The van der Waals surface area contributed by atoms with Gasteiger partial charge in [0.05, 0.1) is 24.9 Å². The highest BCUT2D eigenvalue weighted by Crippen LogP contribution is 2.67. The molecule has 12 rings (SSSR count). The van der Waals surface area contributed by atoms with Gasteiger partial charge in [-0.1, -0.05) is 178 Å². The van der Waals surface area contributed by atoms with E-state index < -0.39 is 138 Å². The molecule has 0 unspecified atom stereocenters. The van der Waals surface area contributed by atoms with E-state index in [4.69, 9.17) is 4.74 Å². The number of H-pyrrole nitrogens is 1. The summed E-state index contributed by atoms with van der Waals surface area (Å²) in [6.07, 6.45) is 20.3. The van der Waals surface area contributed by atoms with Gasteiger partial charge in [-0.3, -0.25) is 47.9 Å². The zero-order valence-electron chi connectivity index (χ0n) is 73.1. The van der Waals surface area contributed by atoms with Crippen LogP contribution in [-0.2, 0) is 71.9 Å². The fourth-order valence-electron chi connectivity index (χ4n) is 21.1. The number of amides is 11. The summed E-state index contributed by atoms with van der Waals surface area (Å²) in [6, 6.07) is 11.0. The third kappa shape index (κ3) is 23.1. The van der Waals surface area contributed by atoms with Crippen LogP contribution in [0.25, 0.3) is 10.9 Å². The fraction of sp³-hybridized carbons (Fsp3) is 0.606. The molecule has 30 heteroatoms. The van der Waals surface area contributed by atoms with Crippen LogP contribution in [0.4, 0.5) is 4.79 Å². The zero-order valence-corrected chi connectivity index (χ0v) is 74.8. The Hall–Kier alpha value is -9.23. The molecule has 20 atom stereocenters. The van der Waals surface area contributed by atoms with Gasteiger partial charge in [-0.15, -0.1) is 0 Å². The van der Waals surface area contributed by atoms with Gasteiger partial charge < -0.3 is 87.6 Å². The summed E-state index contributed by atoms with van der Waals surface area (Å²) in [5.41, 5.74) is 4.67. The first-order valence-corrected chi connectivity index (χ1v) is 47.6. The van der Waals surface area contributed by atoms with Crippen molar-refractivity contribution in [3.8, 4) is 0 Å². The molecule has 674 valence electrons. The third-order valence-corrected chi connectivity index (χ3v) is 30.3. The molecule has 28 nitrogen and oxygen atoms in total. The summed E-state index contributed by atoms with van der Waals surface area (Å²) in [7, 11) is 3.70. The topological polar surface area (TPSA) is 391 Å². The molecular weight excluding hydrogens is 1620 g/mol. The number of rotatable bonds is 28. The second-order valence-corrected chi connectivity index (χ2v) is 39.3. The largest absolute Gasteiger partial charge is 0.446 e. The van der Waals surface area contributed by atoms with Gasteiger partial charge >= 0.3 is 6.09 Å². The van der Waals surface area contributed by atoms with Gasteiger partial charge in [0.2, 0.25) is 53.2 Å². The molecule has 4 aliphatic heterocycles. The standard InChI is InChI=1S/C94H131N13O15S2/c1-56(2)24-21-25-57(3)67-40-41-68-66-39-37-63-36-38-64(51-94(63,7)69(66)42-43-93(67,68)6)122-92(121)95-44-19-17-32-71-82(111)104-81(59(5)110)89(118)103-77(87(116)101-75(53-108)58(4)109)55-124-123-54-76(86(115)98-72(48-60-26-11-9-12-27-60)83(112)99-74(85(114)97-71)50-62-52-96-70-31-16-15-30-65(62)70)102-84(113)73(49-61-28-13-10-14-29-61)100-88(117)78-34-22-46-106(78)91(120)80-35-23-47-107(80)90(119)79-33-18-20-45-105(79)8/h9-16,20,26-31,33,37,45,52,56-59,64,66-69,71-78,80-81,96,108-110H,17-19,21-25,32,34-36,38-44,46-51,53-55H2,1-8H3,(H,95,121)(H,97,114)(H,98,115)(H,99,112)(H,100,117)(H,101,116)(H,102,113)(H,103,118)(H,104,111)/t57-,58-,59-,64-,66+,67-,68+,69+,71+,72+,73+,74+,75-,76+,77+,78-,80+,81-,93-,94+/m1/s1. The molecule has 124 heavy (non-hydrogen) atoms. The molecule has 6 fully saturated rings. The number of benzene rings is 3. The first-order chi connectivity index (χ1) is 59.5. The Morgan fingerprint density at radius 1 is 0.669 bits per heavy atom. The summed E-state index contributed by atoms with van der Waals surface area (Å²) < 4.78 is 6.30. The number of hydrogen-bond acceptors (Lipinski definition) is 18. The summed E-state index contributed by atoms with van der Waals surface area (Å²) in [5.74, 6) is -4.38. The van der Waals surface area contributed by atoms with Crippen LogP contribution in [0.15, 0.2) is 127 Å². The minimum absolute atomic E-state index is 0.0913. The van der Waals surface area contributed by atoms with Crippen LogP contribution in [0.2, 0.25) is 0 Å². The number of likely N-dealkylation sites (N-methyl/N-ethyl adjacent to an activating group) is 1. The highest BCUT2D eigenvalue weighted by Gasteiger charge is 2.60. The molecule has 0 spiro atoms. The predicted molar refractivity (Wildman–Crippen MR) is 477 cm³/mol. The van der Waals surface area contributed by atoms with E-state index >= 15 is 24.0 Å². The second-order valence-electron chi connectivity index (χ2n) is 36.8. The molecule has 3 aromatic carbocycles. The zero-order chi connectivity index (χ0) is 88.5. The number of unbranched alkanes of at least 4 members (excludes halogenated alkanes) is 1. The SMILES string of the molecule is CC(C)CCC[C@@H](C)[C@H]1CC[C@H]2[C@@H]3CC=C4CC[C@@H](OC(=O)NCCCC[C@@H]5NC(=O)[C@H](Cc6c[nH]c7ccccc67)NC(=O)[C@H](Cc6ccccc6)NC(=O)[C@@H](NC(=O)[C@H](Cc6ccccc6)NC(=O)[C@H]6CCCN6C(=O)[C@@H]6CCCN6C(=O)C6=CCC=CN6C)CSSC[C@@H](C(=O)N[C@H](CO)[C@@H](C)O)NC(=O)[C@@H]([C@@H](C)O)NC5=O)C[C@]4(C)[C@H]3CC[C@]12C. The van der Waals surface area contributed by atoms with Crippen molar-refractivity contribution in [2.75, 3.05) is 44.8 Å². The smallest absolute Gasteiger partial charge is 0.407 e. The first-order valence-electron chi connectivity index (χ1n) is 45.1. The minimum Gasteiger partial charge on any atom is -0.446 e. The number of carbonyl (C=O) groups excluding carboxylic acids is 11. The normalized spacial score (nSPS) is 29.0. The van der Waals surface area contributed by atoms with Crippen LogP contribution in [0.3, 0.4) is 0 Å². The first kappa shape index (κ1) is 93.9. The number of fused-ring (bicyclic) bond motifs is 6. The number of para-hydroxylation sites is 1. The number of aliphatic hydroxyl groups is 3. The van der Waals surface area contributed by atoms with Crippen molar-refractivity contribution in [2.24, 2.45) is 46.3 Å². The van der Waals surface area contributed by atoms with E-state index in [1.54, 1.807) is 89.9 Å². The van der Waals surface area contributed by atoms with Gasteiger partial charge in [0.1, 0.15) is 66.2 Å². The number of likely N-dealkylation sites (tertiary alicyclic amines) is 2. The van der Waals surface area contributed by atoms with E-state index in [1.165, 1.54) is 69.3 Å². The van der Waals surface area contributed by atoms with Crippen molar-refractivity contribution < 1.29 is 72.8 Å². The van der Waals surface area contributed by atoms with Crippen LogP contribution in [0.5, 0.6) is 0 Å². The number of alkyl carbamates (subject to hydrolysis) is 1. The van der Waals surface area contributed by atoms with E-state index in [1.807, 2.05) is 36.4 Å². The lowest BCUT2D eigenvalue weighted by Gasteiger charge is -2.58. The van der Waals surface area contributed by atoms with Crippen LogP contribution < -0.4 is 47.9 Å². The average molecular weight is 1750 g/mol. The number of hydrogen-bond donors (Lipinski definition) is 13. The van der Waals surface area contributed by atoms with Crippen molar-refractivity contribution in [3.63, 3.8) is 0 Å². The molecule has 3 saturated carbocycles. The van der Waals surface area contributed by atoms with E-state index in [2.05, 4.69) is 93.5 Å². The van der Waals surface area contributed by atoms with Gasteiger partial charge in [0.15, 0.2) is 0 Å². The molecule has 4 aliphatic carbocycles. The van der Waals surface area contributed by atoms with Crippen molar-refractivity contribution in [2.45, 2.75) is 268 Å². The summed E-state index contributed by atoms with van der Waals surface area (Å²) >= 11 is 0. The lowest BCUT2D eigenvalue weighted by Crippen LogP contribution is -2.62. The van der Waals surface area contributed by atoms with Gasteiger partial charge in [-0.25, -0.2) is 4.79 Å². The van der Waals surface area contributed by atoms with Crippen molar-refractivity contribution in [1.29, 1.82) is 0 Å².